The highest BCUT2D eigenvalue weighted by atomic mass is 16.5. The van der Waals surface area contributed by atoms with Crippen LogP contribution in [-0.2, 0) is 6.54 Å². The molecule has 0 saturated carbocycles. The van der Waals surface area contributed by atoms with Crippen LogP contribution in [0.15, 0.2) is 67.0 Å². The minimum atomic E-state index is 0.588. The average molecular weight is 345 g/mol. The van der Waals surface area contributed by atoms with Crippen molar-refractivity contribution in [3.05, 3.63) is 78.2 Å². The lowest BCUT2D eigenvalue weighted by Gasteiger charge is -2.10. The van der Waals surface area contributed by atoms with Crippen LogP contribution in [0.1, 0.15) is 11.3 Å². The highest BCUT2D eigenvalue weighted by Gasteiger charge is 2.11. The van der Waals surface area contributed by atoms with Gasteiger partial charge < -0.3 is 14.0 Å². The summed E-state index contributed by atoms with van der Waals surface area (Å²) in [5, 5.41) is 1.07. The number of fused-ring (bicyclic) bond motifs is 1. The third-order valence-electron chi connectivity index (χ3n) is 4.31. The lowest BCUT2D eigenvalue weighted by atomic mass is 10.2. The van der Waals surface area contributed by atoms with Gasteiger partial charge in [-0.05, 0) is 36.8 Å². The molecule has 4 rings (SSSR count). The molecular weight excluding hydrogens is 326 g/mol. The van der Waals surface area contributed by atoms with Gasteiger partial charge in [-0.3, -0.25) is 0 Å². The van der Waals surface area contributed by atoms with Crippen LogP contribution in [0.3, 0.4) is 0 Å². The van der Waals surface area contributed by atoms with E-state index in [2.05, 4.69) is 33.6 Å². The van der Waals surface area contributed by atoms with Gasteiger partial charge in [-0.25, -0.2) is 9.97 Å². The van der Waals surface area contributed by atoms with Crippen LogP contribution in [0.5, 0.6) is 17.5 Å². The van der Waals surface area contributed by atoms with E-state index < -0.39 is 0 Å². The summed E-state index contributed by atoms with van der Waals surface area (Å²) in [5.41, 5.74) is 3.39. The second kappa shape index (κ2) is 6.88. The summed E-state index contributed by atoms with van der Waals surface area (Å²) >= 11 is 0. The first kappa shape index (κ1) is 16.1. The molecule has 0 radical (unpaired) electrons. The maximum absolute atomic E-state index is 5.99. The molecular formula is C21H19N3O2. The minimum absolute atomic E-state index is 0.588. The largest absolute Gasteiger partial charge is 0.481 e. The van der Waals surface area contributed by atoms with Gasteiger partial charge in [0.25, 0.3) is 0 Å². The van der Waals surface area contributed by atoms with Crippen LogP contribution < -0.4 is 9.47 Å². The number of aryl methyl sites for hydroxylation is 1. The molecule has 0 N–H and O–H groups in total. The summed E-state index contributed by atoms with van der Waals surface area (Å²) in [7, 11) is 1.62. The van der Waals surface area contributed by atoms with Gasteiger partial charge >= 0.3 is 0 Å². The lowest BCUT2D eigenvalue weighted by Crippen LogP contribution is -2.02. The first-order valence-electron chi connectivity index (χ1n) is 8.41. The van der Waals surface area contributed by atoms with Gasteiger partial charge in [0.2, 0.25) is 11.8 Å². The molecule has 0 aliphatic carbocycles. The molecule has 1 aromatic carbocycles. The summed E-state index contributed by atoms with van der Waals surface area (Å²) in [5.74, 6) is 2.01. The van der Waals surface area contributed by atoms with Crippen LogP contribution in [-0.4, -0.2) is 21.6 Å². The number of rotatable bonds is 5. The predicted molar refractivity (Wildman–Crippen MR) is 101 cm³/mol. The van der Waals surface area contributed by atoms with Gasteiger partial charge in [-0.2, -0.15) is 0 Å². The van der Waals surface area contributed by atoms with Crippen LogP contribution in [0, 0.1) is 6.92 Å². The molecule has 3 aromatic heterocycles. The van der Waals surface area contributed by atoms with Gasteiger partial charge in [0.05, 0.1) is 12.6 Å². The minimum Gasteiger partial charge on any atom is -0.481 e. The highest BCUT2D eigenvalue weighted by molar-refractivity contribution is 5.87. The van der Waals surface area contributed by atoms with Crippen LogP contribution in [0.4, 0.5) is 0 Å². The van der Waals surface area contributed by atoms with E-state index >= 15 is 0 Å². The lowest BCUT2D eigenvalue weighted by molar-refractivity contribution is 0.397. The maximum Gasteiger partial charge on any atom is 0.219 e. The Morgan fingerprint density at radius 1 is 0.962 bits per heavy atom. The van der Waals surface area contributed by atoms with Crippen molar-refractivity contribution in [3.8, 4) is 17.5 Å². The highest BCUT2D eigenvalue weighted by Crippen LogP contribution is 2.32. The fourth-order valence-electron chi connectivity index (χ4n) is 3.02. The van der Waals surface area contributed by atoms with E-state index in [9.17, 15) is 0 Å². The number of ether oxygens (including phenoxy) is 2. The normalized spacial score (nSPS) is 10.8. The number of aromatic nitrogens is 3. The number of hydrogen-bond donors (Lipinski definition) is 0. The molecule has 0 amide bonds. The Kier molecular flexibility index (Phi) is 4.27. The van der Waals surface area contributed by atoms with E-state index in [4.69, 9.17) is 9.47 Å². The number of nitrogens with zero attached hydrogens (tertiary/aromatic N) is 3. The van der Waals surface area contributed by atoms with E-state index in [1.54, 1.807) is 13.3 Å². The molecule has 4 aromatic rings. The van der Waals surface area contributed by atoms with Crippen molar-refractivity contribution >= 4 is 10.9 Å². The molecule has 3 heterocycles. The van der Waals surface area contributed by atoms with Gasteiger partial charge in [-0.15, -0.1) is 0 Å². The molecule has 0 aliphatic heterocycles. The Balaban J connectivity index is 1.69. The second-order valence-electron chi connectivity index (χ2n) is 6.04. The van der Waals surface area contributed by atoms with Crippen LogP contribution >= 0.6 is 0 Å². The molecule has 0 atom stereocenters. The monoisotopic (exact) mass is 345 g/mol. The number of hydrogen-bond acceptors (Lipinski definition) is 4. The van der Waals surface area contributed by atoms with E-state index in [-0.39, 0.29) is 0 Å². The standard InChI is InChI=1S/C21H19N3O2/c1-15-12-17-18(24(15)14-16-9-10-20(25-2)23-13-16)6-5-7-19(17)26-21-8-3-4-11-22-21/h3-13H,14H2,1-2H3. The molecule has 5 nitrogen and oxygen atoms in total. The molecule has 26 heavy (non-hydrogen) atoms. The maximum atomic E-state index is 5.99. The van der Waals surface area contributed by atoms with Crippen LogP contribution in [0.25, 0.3) is 10.9 Å². The Morgan fingerprint density at radius 2 is 1.88 bits per heavy atom. The van der Waals surface area contributed by atoms with Gasteiger partial charge in [0.1, 0.15) is 5.75 Å². The van der Waals surface area contributed by atoms with E-state index in [0.717, 1.165) is 34.5 Å². The molecule has 0 aliphatic rings. The molecule has 0 spiro atoms. The molecule has 0 saturated heterocycles. The predicted octanol–water partition coefficient (Wildman–Crippen LogP) is 4.59. The summed E-state index contributed by atoms with van der Waals surface area (Å²) < 4.78 is 13.4. The summed E-state index contributed by atoms with van der Waals surface area (Å²) in [6.07, 6.45) is 3.57. The molecule has 0 unspecified atom stereocenters. The quantitative estimate of drug-likeness (QED) is 0.531. The van der Waals surface area contributed by atoms with Gasteiger partial charge in [-0.1, -0.05) is 18.2 Å². The Bertz CT molecular complexity index is 1020. The molecule has 130 valence electrons. The van der Waals surface area contributed by atoms with Crippen molar-refractivity contribution in [2.45, 2.75) is 13.5 Å². The van der Waals surface area contributed by atoms with Crippen molar-refractivity contribution in [2.24, 2.45) is 0 Å². The number of pyridine rings is 2. The molecule has 0 fully saturated rings. The smallest absolute Gasteiger partial charge is 0.219 e. The van der Waals surface area contributed by atoms with Crippen molar-refractivity contribution in [1.82, 2.24) is 14.5 Å². The molecule has 0 bridgehead atoms. The molecule has 5 heteroatoms. The fourth-order valence-corrected chi connectivity index (χ4v) is 3.02. The summed E-state index contributed by atoms with van der Waals surface area (Å²) in [6.45, 7) is 2.83. The fraction of sp³-hybridized carbons (Fsp3) is 0.143. The van der Waals surface area contributed by atoms with E-state index in [1.807, 2.05) is 48.7 Å². The Morgan fingerprint density at radius 3 is 2.62 bits per heavy atom. The van der Waals surface area contributed by atoms with Crippen LogP contribution in [0.2, 0.25) is 0 Å². The third-order valence-corrected chi connectivity index (χ3v) is 4.31. The number of methoxy groups -OCH3 is 1. The summed E-state index contributed by atoms with van der Waals surface area (Å²) in [6, 6.07) is 17.8. The second-order valence-corrected chi connectivity index (χ2v) is 6.04. The summed E-state index contributed by atoms with van der Waals surface area (Å²) in [4.78, 5) is 8.54. The van der Waals surface area contributed by atoms with E-state index in [0.29, 0.717) is 11.8 Å². The Hall–Kier alpha value is -3.34. The third kappa shape index (κ3) is 3.11. The SMILES string of the molecule is COc1ccc(Cn2c(C)cc3c(Oc4ccccn4)cccc32)cn1. The van der Waals surface area contributed by atoms with Crippen molar-refractivity contribution in [2.75, 3.05) is 7.11 Å². The Labute approximate surface area is 151 Å². The zero-order chi connectivity index (χ0) is 17.9. The number of benzene rings is 1. The van der Waals surface area contributed by atoms with Crippen molar-refractivity contribution in [1.29, 1.82) is 0 Å². The topological polar surface area (TPSA) is 49.2 Å². The first-order chi connectivity index (χ1) is 12.7. The van der Waals surface area contributed by atoms with E-state index in [1.165, 1.54) is 0 Å². The van der Waals surface area contributed by atoms with Gasteiger partial charge in [0, 0.05) is 42.2 Å². The van der Waals surface area contributed by atoms with Gasteiger partial charge in [0.15, 0.2) is 0 Å². The zero-order valence-electron chi connectivity index (χ0n) is 14.7. The zero-order valence-corrected chi connectivity index (χ0v) is 14.7. The van der Waals surface area contributed by atoms with Crippen molar-refractivity contribution < 1.29 is 9.47 Å². The average Bonchev–Trinajstić information content (AvgIpc) is 3.00. The van der Waals surface area contributed by atoms with Crippen molar-refractivity contribution in [3.63, 3.8) is 0 Å². The first-order valence-corrected chi connectivity index (χ1v) is 8.41.